The molecule has 0 unspecified atom stereocenters. The average Bonchev–Trinajstić information content (AvgIpc) is 2.95. The van der Waals surface area contributed by atoms with Crippen molar-refractivity contribution in [3.8, 4) is 11.8 Å². The predicted molar refractivity (Wildman–Crippen MR) is 154 cm³/mol. The molecule has 210 valence electrons. The van der Waals surface area contributed by atoms with E-state index in [2.05, 4.69) is 27.0 Å². The number of aromatic nitrogens is 1. The number of carbonyl (C=O) groups excluding carboxylic acids is 1. The second-order valence-electron chi connectivity index (χ2n) is 10.3. The van der Waals surface area contributed by atoms with Gasteiger partial charge in [-0.3, -0.25) is 14.5 Å². The van der Waals surface area contributed by atoms with Crippen molar-refractivity contribution in [3.63, 3.8) is 0 Å². The number of piperazine rings is 1. The lowest BCUT2D eigenvalue weighted by molar-refractivity contribution is -0.138. The Bertz CT molecular complexity index is 1730. The molecule has 0 atom stereocenters. The van der Waals surface area contributed by atoms with Crippen molar-refractivity contribution in [2.24, 2.45) is 0 Å². The highest BCUT2D eigenvalue weighted by Crippen LogP contribution is 2.34. The number of pyridine rings is 1. The quantitative estimate of drug-likeness (QED) is 0.336. The van der Waals surface area contributed by atoms with E-state index in [9.17, 15) is 22.8 Å². The molecule has 1 aromatic heterocycles. The van der Waals surface area contributed by atoms with Crippen LogP contribution >= 0.6 is 0 Å². The molecule has 1 aliphatic rings. The van der Waals surface area contributed by atoms with Gasteiger partial charge in [-0.15, -0.1) is 0 Å². The second kappa shape index (κ2) is 11.6. The third kappa shape index (κ3) is 6.51. The molecule has 5 rings (SSSR count). The Balaban J connectivity index is 1.37. The van der Waals surface area contributed by atoms with E-state index in [0.717, 1.165) is 24.7 Å². The van der Waals surface area contributed by atoms with Crippen molar-refractivity contribution in [2.45, 2.75) is 19.6 Å². The third-order valence-electron chi connectivity index (χ3n) is 7.30. The first-order valence-electron chi connectivity index (χ1n) is 13.2. The molecule has 0 spiro atoms. The zero-order valence-electron chi connectivity index (χ0n) is 22.7. The minimum atomic E-state index is -4.55. The number of aryl methyl sites for hydroxylation is 1. The number of likely N-dealkylation sites (N-methyl/N-ethyl adjacent to an activating group) is 1. The first-order valence-corrected chi connectivity index (χ1v) is 13.2. The molecule has 1 fully saturated rings. The van der Waals surface area contributed by atoms with Gasteiger partial charge in [-0.1, -0.05) is 42.2 Å². The zero-order chi connectivity index (χ0) is 29.1. The SMILES string of the molecule is Cc1ccc(C(=O)Nc2ccc(CN3CCN(C)CC3)c(C(F)(F)F)c2)cc1C#Cc1c[nH]c(=O)c2ccccc12. The summed E-state index contributed by atoms with van der Waals surface area (Å²) >= 11 is 0. The first kappa shape index (κ1) is 28.1. The van der Waals surface area contributed by atoms with Crippen molar-refractivity contribution in [1.29, 1.82) is 0 Å². The van der Waals surface area contributed by atoms with Crippen molar-refractivity contribution in [3.05, 3.63) is 111 Å². The molecule has 1 saturated heterocycles. The average molecular weight is 559 g/mol. The number of rotatable bonds is 4. The summed E-state index contributed by atoms with van der Waals surface area (Å²) < 4.78 is 41.9. The molecule has 9 heteroatoms. The minimum absolute atomic E-state index is 0.0670. The van der Waals surface area contributed by atoms with E-state index < -0.39 is 17.6 Å². The number of carbonyl (C=O) groups is 1. The largest absolute Gasteiger partial charge is 0.416 e. The number of nitrogens with zero attached hydrogens (tertiary/aromatic N) is 2. The summed E-state index contributed by atoms with van der Waals surface area (Å²) in [6.45, 7) is 5.05. The van der Waals surface area contributed by atoms with Crippen LogP contribution in [0.2, 0.25) is 0 Å². The Labute approximate surface area is 235 Å². The van der Waals surface area contributed by atoms with Crippen LogP contribution in [0.25, 0.3) is 10.8 Å². The lowest BCUT2D eigenvalue weighted by Crippen LogP contribution is -2.44. The van der Waals surface area contributed by atoms with Crippen LogP contribution in [0.3, 0.4) is 0 Å². The van der Waals surface area contributed by atoms with Crippen molar-refractivity contribution in [1.82, 2.24) is 14.8 Å². The summed E-state index contributed by atoms with van der Waals surface area (Å²) in [7, 11) is 1.99. The molecule has 41 heavy (non-hydrogen) atoms. The number of anilines is 1. The molecule has 4 aromatic rings. The Morgan fingerprint density at radius 3 is 2.39 bits per heavy atom. The van der Waals surface area contributed by atoms with Crippen LogP contribution in [0.5, 0.6) is 0 Å². The highest BCUT2D eigenvalue weighted by atomic mass is 19.4. The molecule has 0 saturated carbocycles. The number of benzene rings is 3. The van der Waals surface area contributed by atoms with Crippen molar-refractivity contribution < 1.29 is 18.0 Å². The van der Waals surface area contributed by atoms with E-state index in [4.69, 9.17) is 0 Å². The topological polar surface area (TPSA) is 68.4 Å². The maximum atomic E-state index is 14.0. The fourth-order valence-electron chi connectivity index (χ4n) is 4.85. The Morgan fingerprint density at radius 2 is 1.66 bits per heavy atom. The lowest BCUT2D eigenvalue weighted by atomic mass is 10.0. The Morgan fingerprint density at radius 1 is 0.951 bits per heavy atom. The van der Waals surface area contributed by atoms with Crippen LogP contribution in [0.1, 0.15) is 38.2 Å². The van der Waals surface area contributed by atoms with Gasteiger partial charge in [0.25, 0.3) is 11.5 Å². The Hall–Kier alpha value is -4.39. The highest BCUT2D eigenvalue weighted by molar-refractivity contribution is 6.04. The number of hydrogen-bond donors (Lipinski definition) is 2. The number of halogens is 3. The van der Waals surface area contributed by atoms with Crippen molar-refractivity contribution in [2.75, 3.05) is 38.5 Å². The molecule has 6 nitrogen and oxygen atoms in total. The van der Waals surface area contributed by atoms with Crippen LogP contribution in [-0.4, -0.2) is 53.9 Å². The molecule has 2 N–H and O–H groups in total. The molecule has 0 radical (unpaired) electrons. The number of nitrogens with one attached hydrogen (secondary N) is 2. The zero-order valence-corrected chi connectivity index (χ0v) is 22.7. The lowest BCUT2D eigenvalue weighted by Gasteiger charge is -2.33. The molecule has 0 bridgehead atoms. The molecular weight excluding hydrogens is 529 g/mol. The summed E-state index contributed by atoms with van der Waals surface area (Å²) in [4.78, 5) is 32.0. The van der Waals surface area contributed by atoms with E-state index >= 15 is 0 Å². The predicted octanol–water partition coefficient (Wildman–Crippen LogP) is 5.25. The standard InChI is InChI=1S/C32H29F3N4O2/c1-21-7-8-23(17-22(21)9-10-24-19-36-31(41)28-6-4-3-5-27(24)28)30(40)37-26-12-11-25(29(18-26)32(33,34)35)20-39-15-13-38(2)14-16-39/h3-8,11-12,17-19H,13-16,20H2,1-2H3,(H,36,41)(H,37,40). The molecule has 3 aromatic carbocycles. The van der Waals surface area contributed by atoms with E-state index in [1.54, 1.807) is 36.5 Å². The van der Waals surface area contributed by atoms with E-state index in [1.165, 1.54) is 12.1 Å². The number of H-pyrrole nitrogens is 1. The molecular formula is C32H29F3N4O2. The molecule has 1 aliphatic heterocycles. The fourth-order valence-corrected chi connectivity index (χ4v) is 4.85. The maximum Gasteiger partial charge on any atom is 0.416 e. The van der Waals surface area contributed by atoms with Gasteiger partial charge in [0.15, 0.2) is 0 Å². The monoisotopic (exact) mass is 558 g/mol. The second-order valence-corrected chi connectivity index (χ2v) is 10.3. The van der Waals surface area contributed by atoms with Gasteiger partial charge in [-0.25, -0.2) is 0 Å². The van der Waals surface area contributed by atoms with E-state index in [1.807, 2.05) is 31.0 Å². The summed E-state index contributed by atoms with van der Waals surface area (Å²) in [5.74, 6) is 5.60. The van der Waals surface area contributed by atoms with Gasteiger partial charge in [-0.2, -0.15) is 13.2 Å². The number of aromatic amines is 1. The van der Waals surface area contributed by atoms with E-state index in [0.29, 0.717) is 35.0 Å². The van der Waals surface area contributed by atoms with Crippen LogP contribution < -0.4 is 10.9 Å². The van der Waals surface area contributed by atoms with Gasteiger partial charge in [0, 0.05) is 72.1 Å². The first-order chi connectivity index (χ1) is 19.6. The van der Waals surface area contributed by atoms with Crippen LogP contribution in [-0.2, 0) is 12.7 Å². The van der Waals surface area contributed by atoms with E-state index in [-0.39, 0.29) is 28.9 Å². The smallest absolute Gasteiger partial charge is 0.327 e. The normalized spacial score (nSPS) is 14.5. The molecule has 0 aliphatic carbocycles. The summed E-state index contributed by atoms with van der Waals surface area (Å²) in [5, 5.41) is 3.85. The summed E-state index contributed by atoms with van der Waals surface area (Å²) in [5.41, 5.74) is 1.61. The summed E-state index contributed by atoms with van der Waals surface area (Å²) in [6, 6.07) is 16.0. The van der Waals surface area contributed by atoms with Gasteiger partial charge < -0.3 is 15.2 Å². The van der Waals surface area contributed by atoms with Gasteiger partial charge in [0.1, 0.15) is 0 Å². The third-order valence-corrected chi connectivity index (χ3v) is 7.30. The number of fused-ring (bicyclic) bond motifs is 1. The van der Waals surface area contributed by atoms with Crippen LogP contribution in [0, 0.1) is 18.8 Å². The highest BCUT2D eigenvalue weighted by Gasteiger charge is 2.34. The van der Waals surface area contributed by atoms with Gasteiger partial charge in [-0.05, 0) is 55.4 Å². The number of amides is 1. The molecule has 2 heterocycles. The Kier molecular flexibility index (Phi) is 7.97. The maximum absolute atomic E-state index is 14.0. The number of alkyl halides is 3. The molecule has 1 amide bonds. The van der Waals surface area contributed by atoms with Gasteiger partial charge >= 0.3 is 6.18 Å². The van der Waals surface area contributed by atoms with Crippen LogP contribution in [0.15, 0.2) is 71.7 Å². The summed E-state index contributed by atoms with van der Waals surface area (Å²) in [6.07, 6.45) is -3.00. The number of hydrogen-bond acceptors (Lipinski definition) is 4. The van der Waals surface area contributed by atoms with Crippen LogP contribution in [0.4, 0.5) is 18.9 Å². The fraction of sp³-hybridized carbons (Fsp3) is 0.250. The van der Waals surface area contributed by atoms with Gasteiger partial charge in [0.05, 0.1) is 5.56 Å². The van der Waals surface area contributed by atoms with Gasteiger partial charge in [0.2, 0.25) is 0 Å². The minimum Gasteiger partial charge on any atom is -0.327 e. The van der Waals surface area contributed by atoms with Crippen molar-refractivity contribution >= 4 is 22.4 Å².